The number of carbonyl (C=O) groups is 2. The lowest BCUT2D eigenvalue weighted by Gasteiger charge is -2.30. The Morgan fingerprint density at radius 3 is 2.22 bits per heavy atom. The molecule has 2 N–H and O–H groups in total. The average Bonchev–Trinajstić information content (AvgIpc) is 2.78. The van der Waals surface area contributed by atoms with Gasteiger partial charge in [0.05, 0.1) is 12.6 Å². The monoisotopic (exact) mass is 255 g/mol. The van der Waals surface area contributed by atoms with Gasteiger partial charge in [0.15, 0.2) is 0 Å². The molecule has 1 aliphatic rings. The van der Waals surface area contributed by atoms with E-state index in [0.717, 1.165) is 25.9 Å². The first-order chi connectivity index (χ1) is 8.23. The SMILES string of the molecule is CN(CC(=O)N1CCCC1)C(=O)C(N)C(C)(C)C. The van der Waals surface area contributed by atoms with Crippen LogP contribution in [-0.4, -0.2) is 54.3 Å². The maximum atomic E-state index is 12.1. The lowest BCUT2D eigenvalue weighted by molar-refractivity contribution is -0.140. The summed E-state index contributed by atoms with van der Waals surface area (Å²) in [4.78, 5) is 27.2. The van der Waals surface area contributed by atoms with E-state index in [-0.39, 0.29) is 23.8 Å². The van der Waals surface area contributed by atoms with E-state index >= 15 is 0 Å². The van der Waals surface area contributed by atoms with Gasteiger partial charge in [-0.2, -0.15) is 0 Å². The molecule has 104 valence electrons. The van der Waals surface area contributed by atoms with Crippen LogP contribution < -0.4 is 5.73 Å². The third-order valence-electron chi connectivity index (χ3n) is 3.41. The van der Waals surface area contributed by atoms with Crippen LogP contribution in [0.4, 0.5) is 0 Å². The number of nitrogens with two attached hydrogens (primary N) is 1. The highest BCUT2D eigenvalue weighted by molar-refractivity contribution is 5.87. The quantitative estimate of drug-likeness (QED) is 0.796. The zero-order valence-electron chi connectivity index (χ0n) is 11.9. The fourth-order valence-corrected chi connectivity index (χ4v) is 1.96. The number of hydrogen-bond donors (Lipinski definition) is 1. The number of likely N-dealkylation sites (N-methyl/N-ethyl adjacent to an activating group) is 1. The van der Waals surface area contributed by atoms with Crippen molar-refractivity contribution in [3.63, 3.8) is 0 Å². The Morgan fingerprint density at radius 1 is 1.28 bits per heavy atom. The summed E-state index contributed by atoms with van der Waals surface area (Å²) in [7, 11) is 1.64. The summed E-state index contributed by atoms with van der Waals surface area (Å²) in [5.41, 5.74) is 5.62. The zero-order chi connectivity index (χ0) is 13.9. The molecule has 1 heterocycles. The fraction of sp³-hybridized carbons (Fsp3) is 0.846. The highest BCUT2D eigenvalue weighted by atomic mass is 16.2. The van der Waals surface area contributed by atoms with Crippen molar-refractivity contribution < 1.29 is 9.59 Å². The van der Waals surface area contributed by atoms with Gasteiger partial charge in [-0.1, -0.05) is 20.8 Å². The molecule has 5 nitrogen and oxygen atoms in total. The predicted octanol–water partition coefficient (Wildman–Crippen LogP) is 0.441. The molecule has 1 fully saturated rings. The Morgan fingerprint density at radius 2 is 1.78 bits per heavy atom. The summed E-state index contributed by atoms with van der Waals surface area (Å²) in [6.45, 7) is 7.52. The smallest absolute Gasteiger partial charge is 0.242 e. The molecule has 18 heavy (non-hydrogen) atoms. The molecule has 1 atom stereocenters. The van der Waals surface area contributed by atoms with Crippen molar-refractivity contribution >= 4 is 11.8 Å². The lowest BCUT2D eigenvalue weighted by atomic mass is 9.86. The summed E-state index contributed by atoms with van der Waals surface area (Å²) >= 11 is 0. The summed E-state index contributed by atoms with van der Waals surface area (Å²) in [6.07, 6.45) is 2.12. The highest BCUT2D eigenvalue weighted by Gasteiger charge is 2.31. The number of amides is 2. The molecule has 2 amide bonds. The van der Waals surface area contributed by atoms with Crippen molar-refractivity contribution in [1.29, 1.82) is 0 Å². The highest BCUT2D eigenvalue weighted by Crippen LogP contribution is 2.18. The van der Waals surface area contributed by atoms with Crippen LogP contribution in [0.2, 0.25) is 0 Å². The Kier molecular flexibility index (Phi) is 4.73. The molecule has 0 radical (unpaired) electrons. The molecule has 5 heteroatoms. The lowest BCUT2D eigenvalue weighted by Crippen LogP contribution is -2.51. The molecule has 0 saturated carbocycles. The van der Waals surface area contributed by atoms with Gasteiger partial charge in [0.2, 0.25) is 11.8 Å². The number of carbonyl (C=O) groups excluding carboxylic acids is 2. The molecule has 1 rings (SSSR count). The average molecular weight is 255 g/mol. The molecule has 1 saturated heterocycles. The van der Waals surface area contributed by atoms with Gasteiger partial charge in [-0.05, 0) is 18.3 Å². The second-order valence-electron chi connectivity index (χ2n) is 6.13. The molecule has 0 aromatic carbocycles. The molecule has 0 aromatic rings. The summed E-state index contributed by atoms with van der Waals surface area (Å²) in [6, 6.07) is -0.575. The van der Waals surface area contributed by atoms with Crippen molar-refractivity contribution in [2.45, 2.75) is 39.7 Å². The van der Waals surface area contributed by atoms with Crippen molar-refractivity contribution in [3.05, 3.63) is 0 Å². The molecule has 0 bridgehead atoms. The third kappa shape index (κ3) is 3.70. The summed E-state index contributed by atoms with van der Waals surface area (Å²) < 4.78 is 0. The molecule has 1 unspecified atom stereocenters. The van der Waals surface area contributed by atoms with Gasteiger partial charge in [-0.15, -0.1) is 0 Å². The van der Waals surface area contributed by atoms with Crippen LogP contribution in [0.3, 0.4) is 0 Å². The van der Waals surface area contributed by atoms with E-state index in [1.54, 1.807) is 7.05 Å². The van der Waals surface area contributed by atoms with Crippen LogP contribution in [0.1, 0.15) is 33.6 Å². The second kappa shape index (κ2) is 5.69. The topological polar surface area (TPSA) is 66.6 Å². The standard InChI is InChI=1S/C13H25N3O2/c1-13(2,3)11(14)12(18)15(4)9-10(17)16-7-5-6-8-16/h11H,5-9,14H2,1-4H3. The molecule has 0 aromatic heterocycles. The van der Waals surface area contributed by atoms with Crippen LogP contribution in [0.25, 0.3) is 0 Å². The van der Waals surface area contributed by atoms with E-state index < -0.39 is 6.04 Å². The first-order valence-electron chi connectivity index (χ1n) is 6.52. The van der Waals surface area contributed by atoms with Crippen molar-refractivity contribution in [2.75, 3.05) is 26.7 Å². The van der Waals surface area contributed by atoms with Crippen LogP contribution in [0, 0.1) is 5.41 Å². The molecular weight excluding hydrogens is 230 g/mol. The predicted molar refractivity (Wildman–Crippen MR) is 70.9 cm³/mol. The van der Waals surface area contributed by atoms with Gasteiger partial charge < -0.3 is 15.5 Å². The van der Waals surface area contributed by atoms with Crippen molar-refractivity contribution in [1.82, 2.24) is 9.80 Å². The largest absolute Gasteiger partial charge is 0.341 e. The van der Waals surface area contributed by atoms with Gasteiger partial charge in [0.1, 0.15) is 0 Å². The van der Waals surface area contributed by atoms with Crippen LogP contribution in [-0.2, 0) is 9.59 Å². The van der Waals surface area contributed by atoms with Gasteiger partial charge >= 0.3 is 0 Å². The van der Waals surface area contributed by atoms with Crippen molar-refractivity contribution in [3.8, 4) is 0 Å². The van der Waals surface area contributed by atoms with Crippen LogP contribution in [0.5, 0.6) is 0 Å². The maximum absolute atomic E-state index is 12.1. The first kappa shape index (κ1) is 15.0. The first-order valence-corrected chi connectivity index (χ1v) is 6.52. The van der Waals surface area contributed by atoms with Crippen molar-refractivity contribution in [2.24, 2.45) is 11.1 Å². The Labute approximate surface area is 109 Å². The number of nitrogens with zero attached hydrogens (tertiary/aromatic N) is 2. The molecular formula is C13H25N3O2. The minimum Gasteiger partial charge on any atom is -0.341 e. The van der Waals surface area contributed by atoms with Gasteiger partial charge in [0.25, 0.3) is 0 Å². The zero-order valence-corrected chi connectivity index (χ0v) is 11.9. The second-order valence-corrected chi connectivity index (χ2v) is 6.13. The van der Waals surface area contributed by atoms with E-state index in [4.69, 9.17) is 5.73 Å². The normalized spacial score (nSPS) is 17.7. The Hall–Kier alpha value is -1.10. The van der Waals surface area contributed by atoms with E-state index in [2.05, 4.69) is 0 Å². The number of hydrogen-bond acceptors (Lipinski definition) is 3. The van der Waals surface area contributed by atoms with Crippen LogP contribution in [0.15, 0.2) is 0 Å². The fourth-order valence-electron chi connectivity index (χ4n) is 1.96. The molecule has 0 aliphatic carbocycles. The van der Waals surface area contributed by atoms with Gasteiger partial charge in [-0.3, -0.25) is 9.59 Å². The minimum atomic E-state index is -0.575. The summed E-state index contributed by atoms with van der Waals surface area (Å²) in [5, 5.41) is 0. The minimum absolute atomic E-state index is 0.0180. The maximum Gasteiger partial charge on any atom is 0.242 e. The Bertz CT molecular complexity index is 317. The van der Waals surface area contributed by atoms with E-state index in [1.165, 1.54) is 4.90 Å². The molecule has 1 aliphatic heterocycles. The van der Waals surface area contributed by atoms with E-state index in [1.807, 2.05) is 25.7 Å². The Balaban J connectivity index is 2.51. The van der Waals surface area contributed by atoms with Crippen LogP contribution >= 0.6 is 0 Å². The van der Waals surface area contributed by atoms with Gasteiger partial charge in [-0.25, -0.2) is 0 Å². The molecule has 0 spiro atoms. The van der Waals surface area contributed by atoms with E-state index in [0.29, 0.717) is 0 Å². The summed E-state index contributed by atoms with van der Waals surface area (Å²) in [5.74, 6) is -0.153. The van der Waals surface area contributed by atoms with E-state index in [9.17, 15) is 9.59 Å². The number of rotatable bonds is 3. The van der Waals surface area contributed by atoms with Gasteiger partial charge in [0, 0.05) is 20.1 Å². The third-order valence-corrected chi connectivity index (χ3v) is 3.41. The number of likely N-dealkylation sites (tertiary alicyclic amines) is 1.